The van der Waals surface area contributed by atoms with E-state index in [4.69, 9.17) is 4.98 Å². The molecule has 7 rings (SSSR count). The highest BCUT2D eigenvalue weighted by Gasteiger charge is 2.30. The predicted octanol–water partition coefficient (Wildman–Crippen LogP) is 5.73. The number of hydrogen-bond donors (Lipinski definition) is 1. The minimum absolute atomic E-state index is 0.0767. The van der Waals surface area contributed by atoms with Crippen LogP contribution in [0, 0.1) is 12.8 Å². The van der Waals surface area contributed by atoms with Crippen LogP contribution in [0.25, 0.3) is 27.6 Å². The Kier molecular flexibility index (Phi) is 6.34. The summed E-state index contributed by atoms with van der Waals surface area (Å²) >= 11 is 0. The lowest BCUT2D eigenvalue weighted by molar-refractivity contribution is 0.0748. The van der Waals surface area contributed by atoms with Gasteiger partial charge in [-0.25, -0.2) is 0 Å². The Labute approximate surface area is 235 Å². The lowest BCUT2D eigenvalue weighted by Gasteiger charge is -2.20. The third-order valence-corrected chi connectivity index (χ3v) is 8.85. The number of aryl methyl sites for hydroxylation is 3. The van der Waals surface area contributed by atoms with Crippen LogP contribution in [0.3, 0.4) is 0 Å². The van der Waals surface area contributed by atoms with Crippen molar-refractivity contribution < 1.29 is 4.79 Å². The second-order valence-electron chi connectivity index (χ2n) is 11.6. The Morgan fingerprint density at radius 2 is 1.98 bits per heavy atom. The van der Waals surface area contributed by atoms with Gasteiger partial charge in [-0.3, -0.25) is 14.5 Å². The van der Waals surface area contributed by atoms with Gasteiger partial charge in [0.2, 0.25) is 0 Å². The first-order chi connectivity index (χ1) is 19.5. The first kappa shape index (κ1) is 25.3. The summed E-state index contributed by atoms with van der Waals surface area (Å²) in [7, 11) is 0. The average Bonchev–Trinajstić information content (AvgIpc) is 3.40. The summed E-state index contributed by atoms with van der Waals surface area (Å²) in [6.45, 7) is 11.3. The number of fused-ring (bicyclic) bond motifs is 2. The number of nitrogens with zero attached hydrogens (tertiary/aromatic N) is 5. The third-order valence-electron chi connectivity index (χ3n) is 8.85. The van der Waals surface area contributed by atoms with Gasteiger partial charge in [-0.05, 0) is 81.8 Å². The molecule has 0 radical (unpaired) electrons. The number of nitrogens with one attached hydrogen (secondary N) is 1. The predicted molar refractivity (Wildman–Crippen MR) is 159 cm³/mol. The summed E-state index contributed by atoms with van der Waals surface area (Å²) in [5, 5.41) is 9.19. The Balaban J connectivity index is 1.39. The molecule has 0 saturated heterocycles. The Morgan fingerprint density at radius 3 is 2.70 bits per heavy atom. The van der Waals surface area contributed by atoms with E-state index >= 15 is 0 Å². The van der Waals surface area contributed by atoms with Crippen molar-refractivity contribution in [2.75, 3.05) is 13.1 Å². The largest absolute Gasteiger partial charge is 0.340 e. The fourth-order valence-corrected chi connectivity index (χ4v) is 6.50. The SMILES string of the molecule is CCc1ccc(-c2cc(C(=O)N3Cc4cnn(CC)c4C3)cc3cc(C4=CCCNC4)n(CC4CC4)c23)c(C)n1. The standard InChI is InChI=1S/C33H38N6O/c1-4-27-10-11-28(21(3)36-27)29-14-25(33(40)37-19-26-17-35-39(5-2)31(26)20-37)13-24-15-30(23-7-6-12-34-16-23)38(32(24)29)18-22-8-9-22/h7,10-11,13-15,17,22,34H,4-6,8-9,12,16,18-20H2,1-3H3. The molecule has 0 atom stereocenters. The van der Waals surface area contributed by atoms with E-state index in [0.29, 0.717) is 13.1 Å². The smallest absolute Gasteiger partial charge is 0.254 e. The van der Waals surface area contributed by atoms with Crippen LogP contribution in [0.5, 0.6) is 0 Å². The van der Waals surface area contributed by atoms with Gasteiger partial charge in [-0.2, -0.15) is 5.10 Å². The summed E-state index contributed by atoms with van der Waals surface area (Å²) in [6, 6.07) is 10.9. The zero-order chi connectivity index (χ0) is 27.4. The molecular formula is C33H38N6O. The van der Waals surface area contributed by atoms with Crippen molar-refractivity contribution in [3.8, 4) is 11.1 Å². The van der Waals surface area contributed by atoms with E-state index < -0.39 is 0 Å². The highest BCUT2D eigenvalue weighted by Crippen LogP contribution is 2.40. The maximum Gasteiger partial charge on any atom is 0.254 e. The van der Waals surface area contributed by atoms with Crippen molar-refractivity contribution in [1.82, 2.24) is 29.5 Å². The normalized spacial score (nSPS) is 17.0. The van der Waals surface area contributed by atoms with Gasteiger partial charge >= 0.3 is 0 Å². The van der Waals surface area contributed by atoms with Gasteiger partial charge in [-0.15, -0.1) is 0 Å². The van der Waals surface area contributed by atoms with Gasteiger partial charge in [0.05, 0.1) is 24.0 Å². The summed E-state index contributed by atoms with van der Waals surface area (Å²) in [5.74, 6) is 0.802. The van der Waals surface area contributed by atoms with E-state index in [9.17, 15) is 4.79 Å². The number of aromatic nitrogens is 4. The number of rotatable bonds is 7. The summed E-state index contributed by atoms with van der Waals surface area (Å²) in [6.07, 6.45) is 8.84. The molecule has 1 N–H and O–H groups in total. The second-order valence-corrected chi connectivity index (χ2v) is 11.6. The van der Waals surface area contributed by atoms with Crippen LogP contribution in [-0.4, -0.2) is 43.2 Å². The summed E-state index contributed by atoms with van der Waals surface area (Å²) < 4.78 is 4.56. The van der Waals surface area contributed by atoms with Crippen molar-refractivity contribution in [3.05, 3.63) is 76.5 Å². The van der Waals surface area contributed by atoms with E-state index in [0.717, 1.165) is 89.7 Å². The van der Waals surface area contributed by atoms with Crippen LogP contribution in [0.15, 0.2) is 42.6 Å². The third kappa shape index (κ3) is 4.37. The molecule has 1 amide bonds. The first-order valence-electron chi connectivity index (χ1n) is 14.9. The van der Waals surface area contributed by atoms with Gasteiger partial charge in [0.25, 0.3) is 5.91 Å². The van der Waals surface area contributed by atoms with Crippen LogP contribution < -0.4 is 5.32 Å². The van der Waals surface area contributed by atoms with Gasteiger partial charge < -0.3 is 14.8 Å². The van der Waals surface area contributed by atoms with Crippen molar-refractivity contribution in [2.24, 2.45) is 5.92 Å². The van der Waals surface area contributed by atoms with Crippen LogP contribution in [0.2, 0.25) is 0 Å². The van der Waals surface area contributed by atoms with Crippen LogP contribution in [-0.2, 0) is 32.6 Å². The molecule has 3 aliphatic rings. The van der Waals surface area contributed by atoms with Crippen LogP contribution >= 0.6 is 0 Å². The van der Waals surface area contributed by atoms with Crippen molar-refractivity contribution in [1.29, 1.82) is 0 Å². The second kappa shape index (κ2) is 10.0. The molecule has 0 bridgehead atoms. The molecule has 40 heavy (non-hydrogen) atoms. The van der Waals surface area contributed by atoms with Gasteiger partial charge in [0, 0.05) is 70.9 Å². The number of carbonyl (C=O) groups is 1. The molecular weight excluding hydrogens is 496 g/mol. The number of hydrogen-bond acceptors (Lipinski definition) is 4. The number of pyridine rings is 1. The van der Waals surface area contributed by atoms with Crippen LogP contribution in [0.4, 0.5) is 0 Å². The lowest BCUT2D eigenvalue weighted by Crippen LogP contribution is -2.26. The molecule has 3 aromatic heterocycles. The van der Waals surface area contributed by atoms with Gasteiger partial charge in [0.1, 0.15) is 0 Å². The van der Waals surface area contributed by atoms with Crippen LogP contribution in [0.1, 0.15) is 71.8 Å². The van der Waals surface area contributed by atoms with E-state index in [-0.39, 0.29) is 5.91 Å². The zero-order valence-corrected chi connectivity index (χ0v) is 23.8. The summed E-state index contributed by atoms with van der Waals surface area (Å²) in [5.41, 5.74) is 11.3. The Morgan fingerprint density at radius 1 is 1.10 bits per heavy atom. The molecule has 5 heterocycles. The number of amides is 1. The Bertz CT molecular complexity index is 1650. The van der Waals surface area contributed by atoms with E-state index in [2.05, 4.69) is 72.2 Å². The minimum Gasteiger partial charge on any atom is -0.340 e. The summed E-state index contributed by atoms with van der Waals surface area (Å²) in [4.78, 5) is 21.0. The number of carbonyl (C=O) groups excluding carboxylic acids is 1. The molecule has 0 unspecified atom stereocenters. The quantitative estimate of drug-likeness (QED) is 0.329. The molecule has 1 saturated carbocycles. The fraction of sp³-hybridized carbons (Fsp3) is 0.424. The van der Waals surface area contributed by atoms with E-state index in [1.807, 2.05) is 15.8 Å². The molecule has 0 spiro atoms. The van der Waals surface area contributed by atoms with Crippen molar-refractivity contribution >= 4 is 22.4 Å². The van der Waals surface area contributed by atoms with Crippen molar-refractivity contribution in [3.63, 3.8) is 0 Å². The first-order valence-corrected chi connectivity index (χ1v) is 14.9. The minimum atomic E-state index is 0.0767. The van der Waals surface area contributed by atoms with E-state index in [1.165, 1.54) is 29.6 Å². The zero-order valence-electron chi connectivity index (χ0n) is 23.8. The molecule has 1 aliphatic carbocycles. The maximum atomic E-state index is 14.1. The molecule has 7 heteroatoms. The molecule has 2 aliphatic heterocycles. The highest BCUT2D eigenvalue weighted by molar-refractivity contribution is 6.05. The molecule has 1 aromatic carbocycles. The Hall–Kier alpha value is -3.71. The average molecular weight is 535 g/mol. The highest BCUT2D eigenvalue weighted by atomic mass is 16.2. The maximum absolute atomic E-state index is 14.1. The molecule has 1 fully saturated rings. The van der Waals surface area contributed by atoms with Gasteiger partial charge in [0.15, 0.2) is 0 Å². The van der Waals surface area contributed by atoms with Crippen molar-refractivity contribution in [2.45, 2.75) is 72.6 Å². The monoisotopic (exact) mass is 534 g/mol. The topological polar surface area (TPSA) is 68.0 Å². The lowest BCUT2D eigenvalue weighted by atomic mass is 9.97. The molecule has 206 valence electrons. The van der Waals surface area contributed by atoms with E-state index in [1.54, 1.807) is 0 Å². The molecule has 7 nitrogen and oxygen atoms in total. The van der Waals surface area contributed by atoms with Gasteiger partial charge in [-0.1, -0.05) is 19.1 Å². The molecule has 4 aromatic rings. The fourth-order valence-electron chi connectivity index (χ4n) is 6.50. The number of benzene rings is 1.